The normalized spacial score (nSPS) is 13.6. The Balaban J connectivity index is 1.94. The molecule has 4 rings (SSSR count). The molecule has 0 atom stereocenters. The van der Waals surface area contributed by atoms with Gasteiger partial charge in [0.2, 0.25) is 4.96 Å². The number of nitrogens with zero attached hydrogens (tertiary/aromatic N) is 4. The van der Waals surface area contributed by atoms with E-state index in [1.807, 2.05) is 6.92 Å². The maximum atomic E-state index is 9.42. The van der Waals surface area contributed by atoms with E-state index < -0.39 is 0 Å². The zero-order valence-corrected chi connectivity index (χ0v) is 11.9. The van der Waals surface area contributed by atoms with E-state index in [9.17, 15) is 5.26 Å². The first-order valence-electron chi connectivity index (χ1n) is 6.65. The fourth-order valence-electron chi connectivity index (χ4n) is 2.86. The van der Waals surface area contributed by atoms with Crippen LogP contribution >= 0.6 is 11.3 Å². The van der Waals surface area contributed by atoms with Gasteiger partial charge in [0.1, 0.15) is 16.8 Å². The summed E-state index contributed by atoms with van der Waals surface area (Å²) in [7, 11) is 0. The second-order valence-electron chi connectivity index (χ2n) is 5.07. The summed E-state index contributed by atoms with van der Waals surface area (Å²) >= 11 is 1.51. The Bertz CT molecular complexity index is 866. The van der Waals surface area contributed by atoms with Gasteiger partial charge in [-0.05, 0) is 43.4 Å². The molecule has 0 aliphatic heterocycles. The number of nitriles is 1. The highest BCUT2D eigenvalue weighted by molar-refractivity contribution is 7.16. The van der Waals surface area contributed by atoms with Crippen molar-refractivity contribution in [3.63, 3.8) is 0 Å². The van der Waals surface area contributed by atoms with Gasteiger partial charge in [-0.25, -0.2) is 4.98 Å². The molecule has 0 unspecified atom stereocenters. The standard InChI is InChI=1S/C15H12N4S/c1-9-18-19-13(8-16)14(17-15(19)20-9)12-6-5-10-3-2-4-11(10)7-12/h5-7H,2-4H2,1H3. The zero-order valence-electron chi connectivity index (χ0n) is 11.1. The van der Waals surface area contributed by atoms with Gasteiger partial charge in [0.05, 0.1) is 0 Å². The molecule has 0 fully saturated rings. The van der Waals surface area contributed by atoms with Crippen molar-refractivity contribution < 1.29 is 0 Å². The molecule has 0 radical (unpaired) electrons. The van der Waals surface area contributed by atoms with Crippen LogP contribution in [0.3, 0.4) is 0 Å². The molecule has 1 aromatic carbocycles. The highest BCUT2D eigenvalue weighted by Gasteiger charge is 2.19. The molecule has 0 N–H and O–H groups in total. The van der Waals surface area contributed by atoms with Crippen molar-refractivity contribution in [2.75, 3.05) is 0 Å². The van der Waals surface area contributed by atoms with Crippen molar-refractivity contribution in [2.45, 2.75) is 26.2 Å². The van der Waals surface area contributed by atoms with Gasteiger partial charge in [-0.2, -0.15) is 14.9 Å². The number of fused-ring (bicyclic) bond motifs is 2. The van der Waals surface area contributed by atoms with E-state index in [2.05, 4.69) is 34.4 Å². The molecule has 4 nitrogen and oxygen atoms in total. The average Bonchev–Trinajstić information content (AvgIpc) is 3.10. The summed E-state index contributed by atoms with van der Waals surface area (Å²) in [6.45, 7) is 1.93. The molecule has 0 saturated heterocycles. The molecule has 3 aromatic rings. The SMILES string of the molecule is Cc1nn2c(C#N)c(-c3ccc4c(c3)CCC4)nc2s1. The number of hydrogen-bond acceptors (Lipinski definition) is 4. The number of hydrogen-bond donors (Lipinski definition) is 0. The molecule has 5 heteroatoms. The van der Waals surface area contributed by atoms with E-state index in [0.717, 1.165) is 27.6 Å². The van der Waals surface area contributed by atoms with Crippen LogP contribution in [0.5, 0.6) is 0 Å². The number of rotatable bonds is 1. The first-order valence-corrected chi connectivity index (χ1v) is 7.46. The van der Waals surface area contributed by atoms with E-state index in [0.29, 0.717) is 5.69 Å². The van der Waals surface area contributed by atoms with Gasteiger partial charge in [0.15, 0.2) is 5.69 Å². The van der Waals surface area contributed by atoms with Crippen molar-refractivity contribution in [3.05, 3.63) is 40.0 Å². The molecule has 98 valence electrons. The summed E-state index contributed by atoms with van der Waals surface area (Å²) in [5.74, 6) is 0. The Morgan fingerprint density at radius 2 is 2.15 bits per heavy atom. The number of imidazole rings is 1. The molecule has 0 spiro atoms. The van der Waals surface area contributed by atoms with E-state index >= 15 is 0 Å². The zero-order chi connectivity index (χ0) is 13.7. The fraction of sp³-hybridized carbons (Fsp3) is 0.267. The van der Waals surface area contributed by atoms with Gasteiger partial charge >= 0.3 is 0 Å². The monoisotopic (exact) mass is 280 g/mol. The topological polar surface area (TPSA) is 54.0 Å². The quantitative estimate of drug-likeness (QED) is 0.688. The van der Waals surface area contributed by atoms with E-state index in [1.165, 1.54) is 35.3 Å². The van der Waals surface area contributed by atoms with Crippen molar-refractivity contribution >= 4 is 16.3 Å². The van der Waals surface area contributed by atoms with Crippen molar-refractivity contribution in [1.29, 1.82) is 5.26 Å². The van der Waals surface area contributed by atoms with Gasteiger partial charge in [0.25, 0.3) is 0 Å². The minimum atomic E-state index is 0.530. The second kappa shape index (κ2) is 4.15. The lowest BCUT2D eigenvalue weighted by Gasteiger charge is -2.02. The maximum Gasteiger partial charge on any atom is 0.213 e. The number of aryl methyl sites for hydroxylation is 3. The van der Waals surface area contributed by atoms with Crippen LogP contribution in [0.4, 0.5) is 0 Å². The summed E-state index contributed by atoms with van der Waals surface area (Å²) < 4.78 is 1.66. The van der Waals surface area contributed by atoms with Crippen LogP contribution in [0.1, 0.15) is 28.2 Å². The summed E-state index contributed by atoms with van der Waals surface area (Å²) in [5.41, 5.74) is 5.13. The first kappa shape index (κ1) is 11.6. The lowest BCUT2D eigenvalue weighted by molar-refractivity contribution is 0.912. The van der Waals surface area contributed by atoms with Gasteiger partial charge in [-0.1, -0.05) is 23.5 Å². The molecule has 1 aliphatic carbocycles. The molecular formula is C15H12N4S. The lowest BCUT2D eigenvalue weighted by Crippen LogP contribution is -1.91. The predicted molar refractivity (Wildman–Crippen MR) is 77.8 cm³/mol. The summed E-state index contributed by atoms with van der Waals surface area (Å²) in [6.07, 6.45) is 3.52. The number of benzene rings is 1. The minimum Gasteiger partial charge on any atom is -0.216 e. The second-order valence-corrected chi connectivity index (χ2v) is 6.23. The van der Waals surface area contributed by atoms with Crippen molar-refractivity contribution in [3.8, 4) is 17.3 Å². The smallest absolute Gasteiger partial charge is 0.213 e. The Morgan fingerprint density at radius 1 is 1.30 bits per heavy atom. The van der Waals surface area contributed by atoms with Crippen LogP contribution in [0.2, 0.25) is 0 Å². The fourth-order valence-corrected chi connectivity index (χ4v) is 3.61. The van der Waals surface area contributed by atoms with E-state index in [1.54, 1.807) is 4.52 Å². The Hall–Kier alpha value is -2.19. The molecule has 1 aliphatic rings. The average molecular weight is 280 g/mol. The predicted octanol–water partition coefficient (Wildman–Crippen LogP) is 3.13. The van der Waals surface area contributed by atoms with Crippen molar-refractivity contribution in [2.24, 2.45) is 0 Å². The third-order valence-electron chi connectivity index (χ3n) is 3.78. The summed E-state index contributed by atoms with van der Waals surface area (Å²) in [6, 6.07) is 8.67. The van der Waals surface area contributed by atoms with Crippen LogP contribution < -0.4 is 0 Å². The minimum absolute atomic E-state index is 0.530. The van der Waals surface area contributed by atoms with Gasteiger partial charge in [0, 0.05) is 5.56 Å². The highest BCUT2D eigenvalue weighted by atomic mass is 32.1. The van der Waals surface area contributed by atoms with Crippen LogP contribution in [-0.2, 0) is 12.8 Å². The third-order valence-corrected chi connectivity index (χ3v) is 4.61. The Labute approximate surface area is 120 Å². The molecular weight excluding hydrogens is 268 g/mol. The molecule has 2 aromatic heterocycles. The van der Waals surface area contributed by atoms with Crippen molar-refractivity contribution in [1.82, 2.24) is 14.6 Å². The molecule has 0 saturated carbocycles. The Morgan fingerprint density at radius 3 is 3.00 bits per heavy atom. The van der Waals surface area contributed by atoms with Crippen LogP contribution in [0.25, 0.3) is 16.2 Å². The first-order chi connectivity index (χ1) is 9.76. The third kappa shape index (κ3) is 1.58. The van der Waals surface area contributed by atoms with Gasteiger partial charge in [-0.15, -0.1) is 0 Å². The van der Waals surface area contributed by atoms with Crippen LogP contribution in [-0.4, -0.2) is 14.6 Å². The van der Waals surface area contributed by atoms with E-state index in [-0.39, 0.29) is 0 Å². The maximum absolute atomic E-state index is 9.42. The molecule has 0 amide bonds. The van der Waals surface area contributed by atoms with E-state index in [4.69, 9.17) is 0 Å². The van der Waals surface area contributed by atoms with Crippen LogP contribution in [0, 0.1) is 18.3 Å². The summed E-state index contributed by atoms with van der Waals surface area (Å²) in [4.78, 5) is 5.38. The highest BCUT2D eigenvalue weighted by Crippen LogP contribution is 2.30. The largest absolute Gasteiger partial charge is 0.216 e. The summed E-state index contributed by atoms with van der Waals surface area (Å²) in [5, 5.41) is 14.7. The molecule has 2 heterocycles. The van der Waals surface area contributed by atoms with Gasteiger partial charge < -0.3 is 0 Å². The lowest BCUT2D eigenvalue weighted by atomic mass is 10.0. The molecule has 20 heavy (non-hydrogen) atoms. The molecule has 0 bridgehead atoms. The number of aromatic nitrogens is 3. The van der Waals surface area contributed by atoms with Gasteiger partial charge in [-0.3, -0.25) is 0 Å². The Kier molecular flexibility index (Phi) is 2.41. The van der Waals surface area contributed by atoms with Crippen LogP contribution in [0.15, 0.2) is 18.2 Å².